The van der Waals surface area contributed by atoms with Crippen LogP contribution in [0.3, 0.4) is 0 Å². The molecule has 0 saturated carbocycles. The van der Waals surface area contributed by atoms with Gasteiger partial charge in [0.25, 0.3) is 7.82 Å². The second-order valence-corrected chi connectivity index (χ2v) is 15.0. The number of nitrogens with zero attached hydrogens (tertiary/aromatic N) is 1. The van der Waals surface area contributed by atoms with Gasteiger partial charge in [0.05, 0.1) is 34.4 Å². The minimum absolute atomic E-state index is 0.0271. The van der Waals surface area contributed by atoms with Crippen molar-refractivity contribution in [3.63, 3.8) is 0 Å². The van der Waals surface area contributed by atoms with E-state index in [9.17, 15) is 14.3 Å². The maximum atomic E-state index is 12.6. The zero-order valence-corrected chi connectivity index (χ0v) is 31.0. The van der Waals surface area contributed by atoms with Crippen LogP contribution in [0.1, 0.15) is 155 Å². The highest BCUT2D eigenvalue weighted by atomic mass is 31.2. The lowest BCUT2D eigenvalue weighted by molar-refractivity contribution is -0.870. The Hall–Kier alpha value is -0.760. The van der Waals surface area contributed by atoms with E-state index in [0.717, 1.165) is 44.9 Å². The molecule has 0 bridgehead atoms. The van der Waals surface area contributed by atoms with E-state index >= 15 is 0 Å². The van der Waals surface area contributed by atoms with Gasteiger partial charge in [-0.05, 0) is 38.5 Å². The first-order valence-electron chi connectivity index (χ1n) is 18.4. The third-order valence-electron chi connectivity index (χ3n) is 7.82. The molecule has 0 aliphatic rings. The van der Waals surface area contributed by atoms with E-state index in [1.165, 1.54) is 89.9 Å². The number of carbonyl (C=O) groups is 1. The summed E-state index contributed by atoms with van der Waals surface area (Å²) >= 11 is 0. The van der Waals surface area contributed by atoms with E-state index < -0.39 is 13.9 Å². The van der Waals surface area contributed by atoms with E-state index in [0.29, 0.717) is 24.1 Å². The summed E-state index contributed by atoms with van der Waals surface area (Å²) in [5.41, 5.74) is 0. The Morgan fingerprint density at radius 1 is 0.667 bits per heavy atom. The highest BCUT2D eigenvalue weighted by Crippen LogP contribution is 2.38. The Bertz CT molecular complexity index is 741. The number of rotatable bonds is 34. The van der Waals surface area contributed by atoms with Gasteiger partial charge in [-0.25, -0.2) is 0 Å². The molecule has 0 aliphatic heterocycles. The van der Waals surface area contributed by atoms with Crippen molar-refractivity contribution < 1.29 is 37.3 Å². The van der Waals surface area contributed by atoms with E-state index in [4.69, 9.17) is 18.5 Å². The molecule has 8 nitrogen and oxygen atoms in total. The van der Waals surface area contributed by atoms with Crippen LogP contribution in [-0.4, -0.2) is 70.7 Å². The van der Waals surface area contributed by atoms with Crippen LogP contribution in [0.25, 0.3) is 0 Å². The zero-order valence-electron chi connectivity index (χ0n) is 30.1. The first kappa shape index (κ1) is 44.2. The zero-order chi connectivity index (χ0) is 33.5. The molecule has 268 valence electrons. The van der Waals surface area contributed by atoms with Gasteiger partial charge in [0.1, 0.15) is 19.3 Å². The molecule has 0 saturated heterocycles. The number of carbonyl (C=O) groups excluding carboxylic acids is 1. The van der Waals surface area contributed by atoms with Crippen LogP contribution in [0.4, 0.5) is 0 Å². The van der Waals surface area contributed by atoms with Crippen molar-refractivity contribution in [1.29, 1.82) is 0 Å². The summed E-state index contributed by atoms with van der Waals surface area (Å²) in [5, 5.41) is 0. The lowest BCUT2D eigenvalue weighted by Gasteiger charge is -2.28. The van der Waals surface area contributed by atoms with Crippen LogP contribution in [0.5, 0.6) is 0 Å². The number of ether oxygens (including phenoxy) is 2. The Labute approximate surface area is 278 Å². The standard InChI is InChI=1S/C36H72NO7P/c1-6-8-10-12-14-16-18-19-21-23-25-27-29-36(38)44-35(34-43-45(39,40)42-32-30-37(3,4)5)33-41-31-28-26-24-22-20-17-15-13-11-9-7-2/h14,16,35H,6-13,15,17-34H2,1-5H3/b16-14-. The summed E-state index contributed by atoms with van der Waals surface area (Å²) in [6.45, 7) is 5.37. The number of hydrogen-bond donors (Lipinski definition) is 0. The predicted molar refractivity (Wildman–Crippen MR) is 185 cm³/mol. The Kier molecular flexibility index (Phi) is 30.0. The number of hydrogen-bond acceptors (Lipinski definition) is 7. The summed E-state index contributed by atoms with van der Waals surface area (Å²) in [5.74, 6) is -0.344. The van der Waals surface area contributed by atoms with Crippen molar-refractivity contribution in [2.45, 2.75) is 161 Å². The molecule has 0 heterocycles. The molecule has 0 amide bonds. The van der Waals surface area contributed by atoms with Crippen molar-refractivity contribution in [1.82, 2.24) is 0 Å². The van der Waals surface area contributed by atoms with Crippen molar-refractivity contribution >= 4 is 13.8 Å². The van der Waals surface area contributed by atoms with Crippen molar-refractivity contribution in [3.05, 3.63) is 12.2 Å². The summed E-state index contributed by atoms with van der Waals surface area (Å²) in [6, 6.07) is 0. The normalized spacial score (nSPS) is 14.2. The van der Waals surface area contributed by atoms with Gasteiger partial charge < -0.3 is 27.9 Å². The van der Waals surface area contributed by atoms with Crippen LogP contribution in [0, 0.1) is 0 Å². The van der Waals surface area contributed by atoms with Gasteiger partial charge in [-0.3, -0.25) is 9.36 Å². The topological polar surface area (TPSA) is 94.1 Å². The van der Waals surface area contributed by atoms with Crippen molar-refractivity contribution in [2.75, 3.05) is 54.1 Å². The summed E-state index contributed by atoms with van der Waals surface area (Å²) in [6.07, 6.45) is 29.2. The average molecular weight is 662 g/mol. The fraction of sp³-hybridized carbons (Fsp3) is 0.917. The minimum Gasteiger partial charge on any atom is -0.756 e. The largest absolute Gasteiger partial charge is 0.756 e. The van der Waals surface area contributed by atoms with Gasteiger partial charge in [-0.15, -0.1) is 0 Å². The molecule has 0 radical (unpaired) electrons. The fourth-order valence-corrected chi connectivity index (χ4v) is 5.62. The highest BCUT2D eigenvalue weighted by molar-refractivity contribution is 7.45. The van der Waals surface area contributed by atoms with Gasteiger partial charge in [-0.1, -0.05) is 122 Å². The van der Waals surface area contributed by atoms with E-state index in [2.05, 4.69) is 26.0 Å². The van der Waals surface area contributed by atoms with Gasteiger partial charge in [-0.2, -0.15) is 0 Å². The quantitative estimate of drug-likeness (QED) is 0.0223. The summed E-state index contributed by atoms with van der Waals surface area (Å²) in [4.78, 5) is 24.8. The molecule has 0 N–H and O–H groups in total. The number of allylic oxidation sites excluding steroid dienone is 2. The molecule has 0 aliphatic carbocycles. The molecule has 0 spiro atoms. The monoisotopic (exact) mass is 662 g/mol. The lowest BCUT2D eigenvalue weighted by Crippen LogP contribution is -2.37. The maximum absolute atomic E-state index is 12.6. The van der Waals surface area contributed by atoms with Crippen molar-refractivity contribution in [2.24, 2.45) is 0 Å². The second-order valence-electron chi connectivity index (χ2n) is 13.6. The Morgan fingerprint density at radius 3 is 1.73 bits per heavy atom. The molecule has 2 unspecified atom stereocenters. The number of phosphoric acid groups is 1. The third-order valence-corrected chi connectivity index (χ3v) is 8.78. The van der Waals surface area contributed by atoms with Crippen LogP contribution < -0.4 is 4.89 Å². The molecule has 2 atom stereocenters. The molecule has 0 fully saturated rings. The number of esters is 1. The molecule has 9 heteroatoms. The SMILES string of the molecule is CCCCC/C=C\CCCCCCCC(=O)OC(COCCCCCCCCCCCCC)COP(=O)([O-])OCC[N+](C)(C)C. The first-order chi connectivity index (χ1) is 21.6. The van der Waals surface area contributed by atoms with E-state index in [-0.39, 0.29) is 25.8 Å². The maximum Gasteiger partial charge on any atom is 0.306 e. The summed E-state index contributed by atoms with van der Waals surface area (Å²) < 4.78 is 34.3. The Balaban J connectivity index is 4.33. The molecule has 0 rings (SSSR count). The molecule has 0 aromatic carbocycles. The van der Waals surface area contributed by atoms with Gasteiger partial charge >= 0.3 is 5.97 Å². The number of phosphoric ester groups is 1. The van der Waals surface area contributed by atoms with E-state index in [1.54, 1.807) is 0 Å². The first-order valence-corrected chi connectivity index (χ1v) is 19.9. The van der Waals surface area contributed by atoms with Crippen LogP contribution in [0.15, 0.2) is 12.2 Å². The lowest BCUT2D eigenvalue weighted by atomic mass is 10.1. The third kappa shape index (κ3) is 34.4. The molecule has 45 heavy (non-hydrogen) atoms. The van der Waals surface area contributed by atoms with E-state index in [1.807, 2.05) is 21.1 Å². The van der Waals surface area contributed by atoms with Crippen LogP contribution in [0.2, 0.25) is 0 Å². The number of likely N-dealkylation sites (N-methyl/N-ethyl adjacent to an activating group) is 1. The van der Waals surface area contributed by atoms with Crippen LogP contribution >= 0.6 is 7.82 Å². The minimum atomic E-state index is -4.51. The van der Waals surface area contributed by atoms with Gasteiger partial charge in [0.15, 0.2) is 0 Å². The van der Waals surface area contributed by atoms with Crippen molar-refractivity contribution in [3.8, 4) is 0 Å². The second kappa shape index (κ2) is 30.6. The highest BCUT2D eigenvalue weighted by Gasteiger charge is 2.20. The molecule has 0 aromatic rings. The molecular formula is C36H72NO7P. The average Bonchev–Trinajstić information content (AvgIpc) is 2.98. The summed E-state index contributed by atoms with van der Waals surface area (Å²) in [7, 11) is 1.35. The van der Waals surface area contributed by atoms with Gasteiger partial charge in [0, 0.05) is 13.0 Å². The smallest absolute Gasteiger partial charge is 0.306 e. The number of unbranched alkanes of at least 4 members (excludes halogenated alkanes) is 18. The van der Waals surface area contributed by atoms with Gasteiger partial charge in [0.2, 0.25) is 0 Å². The molecule has 0 aromatic heterocycles. The number of quaternary nitrogens is 1. The molecular weight excluding hydrogens is 589 g/mol. The Morgan fingerprint density at radius 2 is 1.16 bits per heavy atom. The fourth-order valence-electron chi connectivity index (χ4n) is 4.89. The predicted octanol–water partition coefficient (Wildman–Crippen LogP) is 9.30. The van der Waals surface area contributed by atoms with Crippen LogP contribution in [-0.2, 0) is 27.9 Å².